The first-order valence-corrected chi connectivity index (χ1v) is 11.6. The smallest absolute Gasteiger partial charge is 0.343 e. The molecule has 2 aliphatic rings. The summed E-state index contributed by atoms with van der Waals surface area (Å²) in [5, 5.41) is 8.72. The molecule has 0 fully saturated rings. The van der Waals surface area contributed by atoms with Crippen molar-refractivity contribution in [2.75, 3.05) is 5.32 Å². The Morgan fingerprint density at radius 2 is 1.92 bits per heavy atom. The largest absolute Gasteiger partial charge is 0.365 e. The Balaban J connectivity index is 1.23. The standard InChI is InChI=1S/C27H22F2N6O2/c1-15(18-8-9-21(28)22(29)11-18)33-26(36)20-3-2-10-30-24(20)31-13-16-4-6-17(7-5-16)19-12-23-25(32-14-19)35-27(37)34-23/h2-12,14-15,23H,13H2,1H3,(H,30,31)(H,33,36)(H,34,37)/t15-,23?/m0/s1. The Morgan fingerprint density at radius 1 is 1.11 bits per heavy atom. The van der Waals surface area contributed by atoms with Gasteiger partial charge in [0.25, 0.3) is 5.91 Å². The van der Waals surface area contributed by atoms with Gasteiger partial charge in [0.1, 0.15) is 11.9 Å². The third-order valence-corrected chi connectivity index (χ3v) is 6.05. The van der Waals surface area contributed by atoms with Crippen LogP contribution in [0.3, 0.4) is 0 Å². The Bertz CT molecular complexity index is 1470. The van der Waals surface area contributed by atoms with Crippen LogP contribution in [0.1, 0.15) is 40.0 Å². The van der Waals surface area contributed by atoms with Crippen LogP contribution < -0.4 is 16.0 Å². The highest BCUT2D eigenvalue weighted by Gasteiger charge is 2.26. The Kier molecular flexibility index (Phi) is 6.55. The minimum Gasteiger partial charge on any atom is -0.365 e. The molecule has 5 rings (SSSR count). The van der Waals surface area contributed by atoms with Crippen molar-refractivity contribution in [3.63, 3.8) is 0 Å². The lowest BCUT2D eigenvalue weighted by Gasteiger charge is -2.16. The van der Waals surface area contributed by atoms with Crippen molar-refractivity contribution in [1.82, 2.24) is 15.6 Å². The van der Waals surface area contributed by atoms with E-state index in [0.717, 1.165) is 28.8 Å². The molecule has 2 aromatic carbocycles. The maximum Gasteiger partial charge on any atom is 0.343 e. The highest BCUT2D eigenvalue weighted by Crippen LogP contribution is 2.21. The summed E-state index contributed by atoms with van der Waals surface area (Å²) in [6.07, 6.45) is 5.17. The van der Waals surface area contributed by atoms with Gasteiger partial charge in [0.2, 0.25) is 0 Å². The number of aliphatic imine (C=N–C) groups is 2. The number of carbonyl (C=O) groups excluding carboxylic acids is 2. The van der Waals surface area contributed by atoms with Gasteiger partial charge < -0.3 is 16.0 Å². The number of amides is 3. The Hall–Kier alpha value is -4.73. The molecule has 2 atom stereocenters. The molecule has 2 aliphatic heterocycles. The molecule has 3 heterocycles. The molecule has 10 heteroatoms. The first-order chi connectivity index (χ1) is 17.9. The first-order valence-electron chi connectivity index (χ1n) is 11.6. The molecule has 0 bridgehead atoms. The molecule has 8 nitrogen and oxygen atoms in total. The number of amidine groups is 1. The molecule has 3 amide bonds. The number of anilines is 1. The molecule has 0 aliphatic carbocycles. The van der Waals surface area contributed by atoms with Gasteiger partial charge in [0.05, 0.1) is 11.6 Å². The molecule has 0 radical (unpaired) electrons. The van der Waals surface area contributed by atoms with E-state index in [2.05, 4.69) is 30.9 Å². The number of pyridine rings is 1. The van der Waals surface area contributed by atoms with Crippen LogP contribution in [-0.4, -0.2) is 35.0 Å². The molecule has 3 aromatic rings. The number of halogens is 2. The zero-order valence-electron chi connectivity index (χ0n) is 19.7. The van der Waals surface area contributed by atoms with E-state index in [4.69, 9.17) is 0 Å². The predicted octanol–water partition coefficient (Wildman–Crippen LogP) is 4.42. The second-order valence-corrected chi connectivity index (χ2v) is 8.60. The number of nitrogens with one attached hydrogen (secondary N) is 3. The number of fused-ring (bicyclic) bond motifs is 1. The fraction of sp³-hybridized carbons (Fsp3) is 0.148. The van der Waals surface area contributed by atoms with E-state index in [0.29, 0.717) is 29.3 Å². The van der Waals surface area contributed by atoms with Crippen molar-refractivity contribution in [3.8, 4) is 0 Å². The van der Waals surface area contributed by atoms with Crippen LogP contribution in [-0.2, 0) is 6.54 Å². The van der Waals surface area contributed by atoms with E-state index in [-0.39, 0.29) is 6.04 Å². The van der Waals surface area contributed by atoms with Gasteiger partial charge in [0.15, 0.2) is 17.5 Å². The number of aromatic nitrogens is 1. The van der Waals surface area contributed by atoms with E-state index < -0.39 is 29.6 Å². The number of allylic oxidation sites excluding steroid dienone is 1. The zero-order chi connectivity index (χ0) is 25.9. The number of benzene rings is 2. The van der Waals surface area contributed by atoms with Crippen molar-refractivity contribution in [2.45, 2.75) is 25.6 Å². The average molecular weight is 501 g/mol. The number of rotatable bonds is 7. The van der Waals surface area contributed by atoms with Crippen LogP contribution in [0, 0.1) is 11.6 Å². The zero-order valence-corrected chi connectivity index (χ0v) is 19.7. The minimum absolute atomic E-state index is 0.313. The summed E-state index contributed by atoms with van der Waals surface area (Å²) in [5.74, 6) is -1.45. The molecule has 1 aromatic heterocycles. The van der Waals surface area contributed by atoms with Gasteiger partial charge in [-0.05, 0) is 59.5 Å². The van der Waals surface area contributed by atoms with Crippen LogP contribution >= 0.6 is 0 Å². The number of nitrogens with zero attached hydrogens (tertiary/aromatic N) is 3. The van der Waals surface area contributed by atoms with Gasteiger partial charge in [-0.2, -0.15) is 4.99 Å². The first kappa shape index (κ1) is 24.0. The van der Waals surface area contributed by atoms with Gasteiger partial charge in [-0.25, -0.2) is 23.6 Å². The molecule has 37 heavy (non-hydrogen) atoms. The van der Waals surface area contributed by atoms with Gasteiger partial charge in [-0.15, -0.1) is 0 Å². The fourth-order valence-electron chi connectivity index (χ4n) is 4.03. The van der Waals surface area contributed by atoms with Crippen molar-refractivity contribution < 1.29 is 18.4 Å². The highest BCUT2D eigenvalue weighted by molar-refractivity contribution is 6.21. The summed E-state index contributed by atoms with van der Waals surface area (Å²) in [5.41, 5.74) is 3.55. The Labute approximate surface area is 211 Å². The lowest BCUT2D eigenvalue weighted by molar-refractivity contribution is 0.0940. The third-order valence-electron chi connectivity index (χ3n) is 6.05. The minimum atomic E-state index is -0.968. The predicted molar refractivity (Wildman–Crippen MR) is 136 cm³/mol. The molecular formula is C27H22F2N6O2. The van der Waals surface area contributed by atoms with E-state index in [9.17, 15) is 18.4 Å². The van der Waals surface area contributed by atoms with Crippen LogP contribution in [0.15, 0.2) is 76.9 Å². The number of urea groups is 1. The molecule has 0 saturated heterocycles. The number of carbonyl (C=O) groups is 2. The topological polar surface area (TPSA) is 108 Å². The molecule has 0 saturated carbocycles. The highest BCUT2D eigenvalue weighted by atomic mass is 19.2. The summed E-state index contributed by atoms with van der Waals surface area (Å²) in [7, 11) is 0. The monoisotopic (exact) mass is 500 g/mol. The van der Waals surface area contributed by atoms with Gasteiger partial charge in [-0.3, -0.25) is 4.79 Å². The molecule has 1 unspecified atom stereocenters. The quantitative estimate of drug-likeness (QED) is 0.446. The van der Waals surface area contributed by atoms with E-state index in [1.54, 1.807) is 31.5 Å². The molecular weight excluding hydrogens is 478 g/mol. The summed E-state index contributed by atoms with van der Waals surface area (Å²) in [4.78, 5) is 36.7. The lowest BCUT2D eigenvalue weighted by atomic mass is 10.0. The summed E-state index contributed by atoms with van der Waals surface area (Å²) in [6.45, 7) is 2.11. The normalized spacial score (nSPS) is 16.8. The SMILES string of the molecule is C[C@H](NC(=O)c1cccnc1NCc1ccc(C2=CC3NC(=O)N=C3N=C2)cc1)c1ccc(F)c(F)c1. The molecule has 3 N–H and O–H groups in total. The van der Waals surface area contributed by atoms with E-state index >= 15 is 0 Å². The maximum absolute atomic E-state index is 13.6. The van der Waals surface area contributed by atoms with Crippen LogP contribution in [0.2, 0.25) is 0 Å². The van der Waals surface area contributed by atoms with Crippen LogP contribution in [0.4, 0.5) is 19.4 Å². The Morgan fingerprint density at radius 3 is 2.70 bits per heavy atom. The number of dihydropyridines is 1. The second-order valence-electron chi connectivity index (χ2n) is 8.60. The average Bonchev–Trinajstić information content (AvgIpc) is 3.28. The second kappa shape index (κ2) is 10.1. The van der Waals surface area contributed by atoms with E-state index in [1.165, 1.54) is 6.07 Å². The third kappa shape index (κ3) is 5.27. The number of hydrogen-bond acceptors (Lipinski definition) is 5. The fourth-order valence-corrected chi connectivity index (χ4v) is 4.03. The summed E-state index contributed by atoms with van der Waals surface area (Å²) >= 11 is 0. The molecule has 186 valence electrons. The molecule has 0 spiro atoms. The lowest BCUT2D eigenvalue weighted by Crippen LogP contribution is -2.31. The van der Waals surface area contributed by atoms with Crippen molar-refractivity contribution >= 4 is 35.4 Å². The maximum atomic E-state index is 13.6. The van der Waals surface area contributed by atoms with Crippen LogP contribution in [0.25, 0.3) is 5.57 Å². The van der Waals surface area contributed by atoms with Crippen molar-refractivity contribution in [2.24, 2.45) is 9.98 Å². The van der Waals surface area contributed by atoms with Gasteiger partial charge >= 0.3 is 6.03 Å². The summed E-state index contributed by atoms with van der Waals surface area (Å²) < 4.78 is 26.8. The summed E-state index contributed by atoms with van der Waals surface area (Å²) in [6, 6.07) is 13.4. The van der Waals surface area contributed by atoms with Gasteiger partial charge in [0, 0.05) is 19.0 Å². The van der Waals surface area contributed by atoms with Gasteiger partial charge in [-0.1, -0.05) is 30.3 Å². The number of hydrogen-bond donors (Lipinski definition) is 3. The van der Waals surface area contributed by atoms with E-state index in [1.807, 2.05) is 30.3 Å². The van der Waals surface area contributed by atoms with Crippen molar-refractivity contribution in [1.29, 1.82) is 0 Å². The van der Waals surface area contributed by atoms with Crippen molar-refractivity contribution in [3.05, 3.63) is 101 Å². The van der Waals surface area contributed by atoms with Crippen LogP contribution in [0.5, 0.6) is 0 Å².